The van der Waals surface area contributed by atoms with Crippen molar-refractivity contribution in [1.82, 2.24) is 9.88 Å². The molecule has 24 heavy (non-hydrogen) atoms. The molecule has 1 aliphatic heterocycles. The minimum absolute atomic E-state index is 0.129. The van der Waals surface area contributed by atoms with Crippen LogP contribution in [0.2, 0.25) is 0 Å². The Hall–Kier alpha value is -2.43. The Morgan fingerprint density at radius 1 is 1.08 bits per heavy atom. The van der Waals surface area contributed by atoms with E-state index in [2.05, 4.69) is 4.98 Å². The zero-order valence-corrected chi connectivity index (χ0v) is 13.9. The Morgan fingerprint density at radius 3 is 2.62 bits per heavy atom. The monoisotopic (exact) mass is 327 g/mol. The number of halogens is 1. The molecule has 1 saturated heterocycles. The van der Waals surface area contributed by atoms with Gasteiger partial charge in [0.05, 0.1) is 5.92 Å². The predicted molar refractivity (Wildman–Crippen MR) is 92.5 cm³/mol. The summed E-state index contributed by atoms with van der Waals surface area (Å²) in [6, 6.07) is 12.8. The van der Waals surface area contributed by atoms with Gasteiger partial charge in [-0.05, 0) is 31.0 Å². The van der Waals surface area contributed by atoms with Crippen molar-refractivity contribution >= 4 is 11.7 Å². The topological polar surface area (TPSA) is 36.4 Å². The average Bonchev–Trinajstić information content (AvgIpc) is 2.88. The number of aromatic nitrogens is 1. The maximum Gasteiger partial charge on any atom is 0.229 e. The summed E-state index contributed by atoms with van der Waals surface area (Å²) in [6.45, 7) is 4.53. The highest BCUT2D eigenvalue weighted by molar-refractivity contribution is 5.83. The number of hydrogen-bond donors (Lipinski definition) is 0. The van der Waals surface area contributed by atoms with Gasteiger partial charge in [0.15, 0.2) is 11.6 Å². The third kappa shape index (κ3) is 3.55. The molecule has 1 amide bonds. The van der Waals surface area contributed by atoms with Crippen molar-refractivity contribution in [3.63, 3.8) is 0 Å². The lowest BCUT2D eigenvalue weighted by Crippen LogP contribution is -2.37. The normalized spacial score (nSPS) is 16.6. The summed E-state index contributed by atoms with van der Waals surface area (Å²) >= 11 is 0. The number of carbonyl (C=O) groups is 1. The van der Waals surface area contributed by atoms with Gasteiger partial charge in [0.1, 0.15) is 0 Å². The van der Waals surface area contributed by atoms with Crippen LogP contribution >= 0.6 is 0 Å². The SMILES string of the molecule is CC(C(=O)N1CCCN(c2ncccc2F)CC1)c1ccccc1. The molecule has 0 bridgehead atoms. The number of benzene rings is 1. The first kappa shape index (κ1) is 16.4. The molecule has 0 N–H and O–H groups in total. The third-order valence-corrected chi connectivity index (χ3v) is 4.52. The van der Waals surface area contributed by atoms with Gasteiger partial charge >= 0.3 is 0 Å². The van der Waals surface area contributed by atoms with E-state index in [1.54, 1.807) is 12.3 Å². The van der Waals surface area contributed by atoms with Crippen LogP contribution in [0.1, 0.15) is 24.8 Å². The van der Waals surface area contributed by atoms with Gasteiger partial charge in [-0.15, -0.1) is 0 Å². The van der Waals surface area contributed by atoms with Crippen molar-refractivity contribution in [2.45, 2.75) is 19.3 Å². The largest absolute Gasteiger partial charge is 0.352 e. The Kier molecular flexibility index (Phi) is 5.08. The van der Waals surface area contributed by atoms with Crippen molar-refractivity contribution in [3.05, 3.63) is 60.0 Å². The average molecular weight is 327 g/mol. The van der Waals surface area contributed by atoms with Gasteiger partial charge in [-0.1, -0.05) is 30.3 Å². The smallest absolute Gasteiger partial charge is 0.229 e. The molecule has 1 fully saturated rings. The second-order valence-corrected chi connectivity index (χ2v) is 6.11. The fourth-order valence-corrected chi connectivity index (χ4v) is 3.12. The highest BCUT2D eigenvalue weighted by Gasteiger charge is 2.25. The first-order valence-corrected chi connectivity index (χ1v) is 8.36. The molecular formula is C19H22FN3O. The molecule has 1 unspecified atom stereocenters. The quantitative estimate of drug-likeness (QED) is 0.869. The molecule has 1 aromatic heterocycles. The van der Waals surface area contributed by atoms with E-state index in [0.717, 1.165) is 12.0 Å². The summed E-state index contributed by atoms with van der Waals surface area (Å²) in [6.07, 6.45) is 2.41. The number of pyridine rings is 1. The van der Waals surface area contributed by atoms with Crippen molar-refractivity contribution < 1.29 is 9.18 Å². The van der Waals surface area contributed by atoms with Crippen LogP contribution in [0, 0.1) is 5.82 Å². The molecule has 0 aliphatic carbocycles. The van der Waals surface area contributed by atoms with Crippen LogP contribution in [0.3, 0.4) is 0 Å². The second-order valence-electron chi connectivity index (χ2n) is 6.11. The summed E-state index contributed by atoms with van der Waals surface area (Å²) in [5.74, 6) is 0.0340. The van der Waals surface area contributed by atoms with Gasteiger partial charge in [0.25, 0.3) is 0 Å². The second kappa shape index (κ2) is 7.43. The number of anilines is 1. The summed E-state index contributed by atoms with van der Waals surface area (Å²) in [5, 5.41) is 0. The van der Waals surface area contributed by atoms with Gasteiger partial charge in [0, 0.05) is 32.4 Å². The van der Waals surface area contributed by atoms with Gasteiger partial charge in [-0.25, -0.2) is 9.37 Å². The summed E-state index contributed by atoms with van der Waals surface area (Å²) in [7, 11) is 0. The number of carbonyl (C=O) groups excluding carboxylic acids is 1. The van der Waals surface area contributed by atoms with Crippen LogP contribution < -0.4 is 4.90 Å². The van der Waals surface area contributed by atoms with Crippen LogP contribution in [0.4, 0.5) is 10.2 Å². The summed E-state index contributed by atoms with van der Waals surface area (Å²) < 4.78 is 13.9. The predicted octanol–water partition coefficient (Wildman–Crippen LogP) is 3.06. The van der Waals surface area contributed by atoms with E-state index < -0.39 is 0 Å². The molecule has 5 heteroatoms. The molecule has 1 atom stereocenters. The molecule has 4 nitrogen and oxygen atoms in total. The molecule has 126 valence electrons. The van der Waals surface area contributed by atoms with Crippen molar-refractivity contribution in [3.8, 4) is 0 Å². The van der Waals surface area contributed by atoms with E-state index in [4.69, 9.17) is 0 Å². The molecule has 0 radical (unpaired) electrons. The lowest BCUT2D eigenvalue weighted by molar-refractivity contribution is -0.132. The van der Waals surface area contributed by atoms with Crippen molar-refractivity contribution in [2.24, 2.45) is 0 Å². The fraction of sp³-hybridized carbons (Fsp3) is 0.368. The Labute approximate surface area is 141 Å². The first-order chi connectivity index (χ1) is 11.7. The molecule has 1 aromatic carbocycles. The van der Waals surface area contributed by atoms with Crippen LogP contribution in [0.5, 0.6) is 0 Å². The zero-order chi connectivity index (χ0) is 16.9. The Bertz CT molecular complexity index is 692. The minimum atomic E-state index is -0.310. The van der Waals surface area contributed by atoms with Crippen LogP contribution in [0.25, 0.3) is 0 Å². The number of hydrogen-bond acceptors (Lipinski definition) is 3. The lowest BCUT2D eigenvalue weighted by Gasteiger charge is -2.25. The van der Waals surface area contributed by atoms with E-state index in [0.29, 0.717) is 32.0 Å². The van der Waals surface area contributed by atoms with Crippen LogP contribution in [-0.2, 0) is 4.79 Å². The number of amides is 1. The molecule has 0 spiro atoms. The minimum Gasteiger partial charge on any atom is -0.352 e. The van der Waals surface area contributed by atoms with E-state index in [1.165, 1.54) is 6.07 Å². The van der Waals surface area contributed by atoms with Gasteiger partial charge in [0.2, 0.25) is 5.91 Å². The molecule has 1 aliphatic rings. The van der Waals surface area contributed by atoms with Gasteiger partial charge in [-0.3, -0.25) is 4.79 Å². The molecule has 3 rings (SSSR count). The number of nitrogens with zero attached hydrogens (tertiary/aromatic N) is 3. The fourth-order valence-electron chi connectivity index (χ4n) is 3.12. The first-order valence-electron chi connectivity index (χ1n) is 8.36. The standard InChI is InChI=1S/C19H22FN3O/c1-15(16-7-3-2-4-8-16)19(24)23-12-6-11-22(13-14-23)18-17(20)9-5-10-21-18/h2-5,7-10,15H,6,11-14H2,1H3. The van der Waals surface area contributed by atoms with Crippen molar-refractivity contribution in [2.75, 3.05) is 31.1 Å². The van der Waals surface area contributed by atoms with Crippen LogP contribution in [-0.4, -0.2) is 42.0 Å². The highest BCUT2D eigenvalue weighted by Crippen LogP contribution is 2.21. The maximum atomic E-state index is 13.9. The summed E-state index contributed by atoms with van der Waals surface area (Å²) in [4.78, 5) is 20.7. The number of rotatable bonds is 3. The maximum absolute atomic E-state index is 13.9. The van der Waals surface area contributed by atoms with Crippen LogP contribution in [0.15, 0.2) is 48.7 Å². The Balaban J connectivity index is 1.67. The van der Waals surface area contributed by atoms with E-state index in [-0.39, 0.29) is 17.6 Å². The van der Waals surface area contributed by atoms with Gasteiger partial charge < -0.3 is 9.80 Å². The molecule has 2 heterocycles. The highest BCUT2D eigenvalue weighted by atomic mass is 19.1. The van der Waals surface area contributed by atoms with E-state index in [9.17, 15) is 9.18 Å². The van der Waals surface area contributed by atoms with Crippen molar-refractivity contribution in [1.29, 1.82) is 0 Å². The summed E-state index contributed by atoms with van der Waals surface area (Å²) in [5.41, 5.74) is 1.03. The van der Waals surface area contributed by atoms with E-state index >= 15 is 0 Å². The molecule has 0 saturated carbocycles. The van der Waals surface area contributed by atoms with E-state index in [1.807, 2.05) is 47.1 Å². The van der Waals surface area contributed by atoms with Gasteiger partial charge in [-0.2, -0.15) is 0 Å². The third-order valence-electron chi connectivity index (χ3n) is 4.52. The lowest BCUT2D eigenvalue weighted by atomic mass is 10.00. The molecular weight excluding hydrogens is 305 g/mol. The zero-order valence-electron chi connectivity index (χ0n) is 13.9. The Morgan fingerprint density at radius 2 is 1.88 bits per heavy atom. The molecule has 2 aromatic rings.